The minimum absolute atomic E-state index is 0.259. The molecule has 0 N–H and O–H groups in total. The molecule has 0 aliphatic heterocycles. The lowest BCUT2D eigenvalue weighted by atomic mass is 10.2. The van der Waals surface area contributed by atoms with Gasteiger partial charge in [-0.2, -0.15) is 4.39 Å². The summed E-state index contributed by atoms with van der Waals surface area (Å²) in [6, 6.07) is 9.30. The van der Waals surface area contributed by atoms with Crippen LogP contribution in [0.3, 0.4) is 0 Å². The molecule has 0 saturated heterocycles. The quantitative estimate of drug-likeness (QED) is 0.608. The summed E-state index contributed by atoms with van der Waals surface area (Å²) in [4.78, 5) is 4.23. The van der Waals surface area contributed by atoms with Crippen molar-refractivity contribution in [2.75, 3.05) is 5.75 Å². The molecule has 0 saturated carbocycles. The molecule has 0 fully saturated rings. The van der Waals surface area contributed by atoms with Crippen LogP contribution in [0.25, 0.3) is 11.3 Å². The third-order valence-electron chi connectivity index (χ3n) is 1.89. The summed E-state index contributed by atoms with van der Waals surface area (Å²) in [6.07, 6.45) is 5.14. The van der Waals surface area contributed by atoms with E-state index in [2.05, 4.69) is 10.9 Å². The van der Waals surface area contributed by atoms with Crippen molar-refractivity contribution in [1.82, 2.24) is 4.98 Å². The highest BCUT2D eigenvalue weighted by atomic mass is 32.2. The van der Waals surface area contributed by atoms with E-state index in [9.17, 15) is 4.39 Å². The van der Waals surface area contributed by atoms with Gasteiger partial charge in [0, 0.05) is 5.56 Å². The molecule has 1 aromatic heterocycles. The number of thiazole rings is 1. The Labute approximate surface area is 102 Å². The Morgan fingerprint density at radius 1 is 1.38 bits per heavy atom. The Balaban J connectivity index is 2.29. The number of terminal acetylenes is 1. The van der Waals surface area contributed by atoms with Gasteiger partial charge in [0.05, 0.1) is 5.75 Å². The fraction of sp³-hybridized carbons (Fsp3) is 0.0833. The zero-order valence-electron chi connectivity index (χ0n) is 8.31. The lowest BCUT2D eigenvalue weighted by molar-refractivity contribution is 0.657. The Hall–Kier alpha value is -1.31. The van der Waals surface area contributed by atoms with Crippen molar-refractivity contribution < 1.29 is 4.39 Å². The molecule has 2 rings (SSSR count). The highest BCUT2D eigenvalue weighted by Gasteiger charge is 2.12. The number of benzene rings is 1. The van der Waals surface area contributed by atoms with Crippen molar-refractivity contribution in [3.8, 4) is 23.6 Å². The van der Waals surface area contributed by atoms with Crippen LogP contribution >= 0.6 is 23.1 Å². The number of hydrogen-bond acceptors (Lipinski definition) is 3. The van der Waals surface area contributed by atoms with Crippen molar-refractivity contribution in [1.29, 1.82) is 0 Å². The summed E-state index contributed by atoms with van der Waals surface area (Å²) >= 11 is 2.42. The first kappa shape index (κ1) is 11.2. The number of aromatic nitrogens is 1. The fourth-order valence-corrected chi connectivity index (χ4v) is 2.77. The third-order valence-corrected chi connectivity index (χ3v) is 3.78. The average Bonchev–Trinajstić information content (AvgIpc) is 2.69. The van der Waals surface area contributed by atoms with Gasteiger partial charge in [-0.3, -0.25) is 0 Å². The molecule has 0 aliphatic carbocycles. The maximum Gasteiger partial charge on any atom is 0.205 e. The van der Waals surface area contributed by atoms with E-state index in [1.807, 2.05) is 30.3 Å². The Kier molecular flexibility index (Phi) is 3.60. The first-order chi connectivity index (χ1) is 7.81. The number of thioether (sulfide) groups is 1. The standard InChI is InChI=1S/C12H8FNS2/c1-2-8-15-12-14-10(11(13)16-12)9-6-4-3-5-7-9/h1,3-7H,8H2. The van der Waals surface area contributed by atoms with Crippen LogP contribution in [0.2, 0.25) is 0 Å². The van der Waals surface area contributed by atoms with Gasteiger partial charge in [0.1, 0.15) is 5.69 Å². The van der Waals surface area contributed by atoms with Crippen LogP contribution in [0, 0.1) is 17.5 Å². The van der Waals surface area contributed by atoms with E-state index in [4.69, 9.17) is 6.42 Å². The summed E-state index contributed by atoms with van der Waals surface area (Å²) in [5, 5.41) is -0.259. The number of halogens is 1. The lowest BCUT2D eigenvalue weighted by Crippen LogP contribution is -1.80. The monoisotopic (exact) mass is 249 g/mol. The molecule has 0 atom stereocenters. The average molecular weight is 249 g/mol. The van der Waals surface area contributed by atoms with Gasteiger partial charge >= 0.3 is 0 Å². The van der Waals surface area contributed by atoms with E-state index < -0.39 is 0 Å². The second-order valence-electron chi connectivity index (χ2n) is 2.96. The molecule has 80 valence electrons. The highest BCUT2D eigenvalue weighted by Crippen LogP contribution is 2.31. The van der Waals surface area contributed by atoms with Crippen molar-refractivity contribution in [2.24, 2.45) is 0 Å². The van der Waals surface area contributed by atoms with E-state index in [1.165, 1.54) is 11.8 Å². The van der Waals surface area contributed by atoms with Gasteiger partial charge < -0.3 is 0 Å². The molecular formula is C12H8FNS2. The zero-order chi connectivity index (χ0) is 11.4. The summed E-state index contributed by atoms with van der Waals surface area (Å²) in [5.41, 5.74) is 1.20. The Bertz CT molecular complexity index is 514. The van der Waals surface area contributed by atoms with Crippen molar-refractivity contribution in [3.63, 3.8) is 0 Å². The van der Waals surface area contributed by atoms with Gasteiger partial charge in [0.15, 0.2) is 4.34 Å². The van der Waals surface area contributed by atoms with Crippen LogP contribution in [0.15, 0.2) is 34.7 Å². The van der Waals surface area contributed by atoms with Crippen LogP contribution in [-0.2, 0) is 0 Å². The van der Waals surface area contributed by atoms with Crippen LogP contribution in [-0.4, -0.2) is 10.7 Å². The second-order valence-corrected chi connectivity index (χ2v) is 5.13. The van der Waals surface area contributed by atoms with Gasteiger partial charge in [-0.15, -0.1) is 6.42 Å². The van der Waals surface area contributed by atoms with E-state index in [0.29, 0.717) is 15.8 Å². The maximum atomic E-state index is 13.6. The molecule has 0 bridgehead atoms. The van der Waals surface area contributed by atoms with Crippen molar-refractivity contribution in [2.45, 2.75) is 4.34 Å². The van der Waals surface area contributed by atoms with Gasteiger partial charge in [-0.25, -0.2) is 4.98 Å². The van der Waals surface area contributed by atoms with E-state index in [0.717, 1.165) is 16.9 Å². The minimum atomic E-state index is -0.259. The summed E-state index contributed by atoms with van der Waals surface area (Å²) < 4.78 is 14.3. The van der Waals surface area contributed by atoms with Crippen LogP contribution in [0.4, 0.5) is 4.39 Å². The first-order valence-electron chi connectivity index (χ1n) is 4.59. The van der Waals surface area contributed by atoms with E-state index in [1.54, 1.807) is 0 Å². The molecule has 16 heavy (non-hydrogen) atoms. The van der Waals surface area contributed by atoms with Crippen molar-refractivity contribution in [3.05, 3.63) is 35.5 Å². The highest BCUT2D eigenvalue weighted by molar-refractivity contribution is 8.01. The molecule has 1 nitrogen and oxygen atoms in total. The van der Waals surface area contributed by atoms with E-state index in [-0.39, 0.29) is 5.13 Å². The molecule has 0 spiro atoms. The summed E-state index contributed by atoms with van der Waals surface area (Å²) in [7, 11) is 0. The van der Waals surface area contributed by atoms with Gasteiger partial charge in [-0.1, -0.05) is 59.4 Å². The van der Waals surface area contributed by atoms with Crippen LogP contribution < -0.4 is 0 Å². The number of nitrogens with zero attached hydrogens (tertiary/aromatic N) is 1. The largest absolute Gasteiger partial charge is 0.226 e. The minimum Gasteiger partial charge on any atom is -0.226 e. The second kappa shape index (κ2) is 5.15. The van der Waals surface area contributed by atoms with Crippen molar-refractivity contribution >= 4 is 23.1 Å². The number of rotatable bonds is 3. The zero-order valence-corrected chi connectivity index (χ0v) is 9.95. The third kappa shape index (κ3) is 2.43. The normalized spacial score (nSPS) is 10.0. The number of hydrogen-bond donors (Lipinski definition) is 0. The topological polar surface area (TPSA) is 12.9 Å². The molecule has 0 unspecified atom stereocenters. The molecule has 4 heteroatoms. The SMILES string of the molecule is C#CCSc1nc(-c2ccccc2)c(F)s1. The lowest BCUT2D eigenvalue weighted by Gasteiger charge is -1.94. The van der Waals surface area contributed by atoms with Crippen LogP contribution in [0.1, 0.15) is 0 Å². The molecular weight excluding hydrogens is 241 g/mol. The van der Waals surface area contributed by atoms with Crippen LogP contribution in [0.5, 0.6) is 0 Å². The summed E-state index contributed by atoms with van der Waals surface area (Å²) in [5.74, 6) is 3.01. The maximum absolute atomic E-state index is 13.6. The Morgan fingerprint density at radius 2 is 2.12 bits per heavy atom. The molecule has 2 aromatic rings. The predicted molar refractivity (Wildman–Crippen MR) is 67.1 cm³/mol. The first-order valence-corrected chi connectivity index (χ1v) is 6.39. The smallest absolute Gasteiger partial charge is 0.205 e. The van der Waals surface area contributed by atoms with Gasteiger partial charge in [0.25, 0.3) is 0 Å². The van der Waals surface area contributed by atoms with Gasteiger partial charge in [0.2, 0.25) is 5.13 Å². The molecule has 0 amide bonds. The molecule has 1 heterocycles. The summed E-state index contributed by atoms with van der Waals surface area (Å²) in [6.45, 7) is 0. The van der Waals surface area contributed by atoms with Gasteiger partial charge in [-0.05, 0) is 0 Å². The predicted octanol–water partition coefficient (Wildman–Crippen LogP) is 3.67. The van der Waals surface area contributed by atoms with E-state index >= 15 is 0 Å². The fourth-order valence-electron chi connectivity index (χ4n) is 1.22. The molecule has 0 radical (unpaired) electrons. The molecule has 0 aliphatic rings. The Morgan fingerprint density at radius 3 is 2.81 bits per heavy atom. The molecule has 1 aromatic carbocycles.